The Morgan fingerprint density at radius 2 is 2.07 bits per heavy atom. The molecule has 27 heavy (non-hydrogen) atoms. The molecule has 2 rings (SSSR count). The lowest BCUT2D eigenvalue weighted by Crippen LogP contribution is -2.43. The summed E-state index contributed by atoms with van der Waals surface area (Å²) in [5, 5.41) is 7.43. The molecule has 1 aromatic heterocycles. The number of nitrogens with zero attached hydrogens (tertiary/aromatic N) is 2. The molecule has 1 atom stereocenters. The molecule has 0 bridgehead atoms. The van der Waals surface area contributed by atoms with Crippen LogP contribution in [0.2, 0.25) is 0 Å². The predicted octanol–water partition coefficient (Wildman–Crippen LogP) is 1.90. The highest BCUT2D eigenvalue weighted by molar-refractivity contribution is 7.11. The van der Waals surface area contributed by atoms with Crippen LogP contribution in [0.4, 0.5) is 4.39 Å². The molecule has 1 aromatic carbocycles. The van der Waals surface area contributed by atoms with Crippen molar-refractivity contribution in [1.82, 2.24) is 15.6 Å². The molecule has 0 saturated heterocycles. The molecule has 146 valence electrons. The van der Waals surface area contributed by atoms with E-state index in [1.807, 2.05) is 6.20 Å². The Kier molecular flexibility index (Phi) is 8.19. The van der Waals surface area contributed by atoms with Crippen molar-refractivity contribution in [2.45, 2.75) is 26.2 Å². The Morgan fingerprint density at radius 3 is 2.67 bits per heavy atom. The van der Waals surface area contributed by atoms with E-state index in [9.17, 15) is 9.18 Å². The molecule has 1 amide bonds. The number of hydrogen-bond acceptors (Lipinski definition) is 4. The van der Waals surface area contributed by atoms with Gasteiger partial charge in [-0.25, -0.2) is 9.37 Å². The van der Waals surface area contributed by atoms with Crippen LogP contribution in [-0.4, -0.2) is 37.0 Å². The molecular formula is C19H26FN5OS. The minimum absolute atomic E-state index is 0.302. The van der Waals surface area contributed by atoms with E-state index < -0.39 is 11.8 Å². The number of carbonyl (C=O) groups excluding carboxylic acids is 1. The number of halogens is 1. The number of aryl methyl sites for hydroxylation is 1. The molecule has 4 N–H and O–H groups in total. The van der Waals surface area contributed by atoms with Crippen LogP contribution in [-0.2, 0) is 24.1 Å². The molecule has 0 saturated carbocycles. The lowest BCUT2D eigenvalue weighted by atomic mass is 9.98. The summed E-state index contributed by atoms with van der Waals surface area (Å²) >= 11 is 1.72. The fourth-order valence-corrected chi connectivity index (χ4v) is 3.40. The van der Waals surface area contributed by atoms with Crippen molar-refractivity contribution in [2.75, 3.05) is 20.1 Å². The van der Waals surface area contributed by atoms with Crippen molar-refractivity contribution in [3.8, 4) is 0 Å². The second-order valence-corrected chi connectivity index (χ2v) is 7.33. The van der Waals surface area contributed by atoms with Crippen molar-refractivity contribution >= 4 is 23.2 Å². The number of amides is 1. The standard InChI is InChI=1S/C19H26FN5OS/c1-3-16-12-24-17(27-16)8-9-23-19(22-2)25-11-14(18(21)26)10-13-4-6-15(20)7-5-13/h4-7,12,14H,3,8-11H2,1-2H3,(H2,21,26)(H2,22,23,25). The molecule has 2 aromatic rings. The first kappa shape index (κ1) is 20.8. The zero-order valence-corrected chi connectivity index (χ0v) is 16.5. The number of aliphatic imine (C=N–C) groups is 1. The van der Waals surface area contributed by atoms with E-state index in [2.05, 4.69) is 27.5 Å². The van der Waals surface area contributed by atoms with Gasteiger partial charge in [-0.1, -0.05) is 19.1 Å². The number of nitrogens with one attached hydrogen (secondary N) is 2. The minimum atomic E-state index is -0.417. The first-order valence-electron chi connectivity index (χ1n) is 8.93. The van der Waals surface area contributed by atoms with Crippen molar-refractivity contribution in [3.63, 3.8) is 0 Å². The maximum atomic E-state index is 13.0. The van der Waals surface area contributed by atoms with Crippen molar-refractivity contribution in [3.05, 3.63) is 51.7 Å². The zero-order valence-electron chi connectivity index (χ0n) is 15.7. The van der Waals surface area contributed by atoms with Crippen molar-refractivity contribution < 1.29 is 9.18 Å². The van der Waals surface area contributed by atoms with Gasteiger partial charge in [0.05, 0.1) is 10.9 Å². The molecule has 0 radical (unpaired) electrons. The third kappa shape index (κ3) is 6.97. The summed E-state index contributed by atoms with van der Waals surface area (Å²) < 4.78 is 13.0. The zero-order chi connectivity index (χ0) is 19.6. The van der Waals surface area contributed by atoms with Crippen LogP contribution in [0.15, 0.2) is 35.5 Å². The number of nitrogens with two attached hydrogens (primary N) is 1. The fourth-order valence-electron chi connectivity index (χ4n) is 2.53. The van der Waals surface area contributed by atoms with Crippen LogP contribution >= 0.6 is 11.3 Å². The Morgan fingerprint density at radius 1 is 1.33 bits per heavy atom. The van der Waals surface area contributed by atoms with E-state index in [1.54, 1.807) is 30.5 Å². The monoisotopic (exact) mass is 391 g/mol. The van der Waals surface area contributed by atoms with Gasteiger partial charge in [-0.05, 0) is 30.5 Å². The predicted molar refractivity (Wildman–Crippen MR) is 107 cm³/mol. The number of carbonyl (C=O) groups is 1. The van der Waals surface area contributed by atoms with Crippen LogP contribution in [0.5, 0.6) is 0 Å². The van der Waals surface area contributed by atoms with E-state index in [0.29, 0.717) is 25.5 Å². The lowest BCUT2D eigenvalue weighted by molar-refractivity contribution is -0.121. The fraction of sp³-hybridized carbons (Fsp3) is 0.421. The molecule has 6 nitrogen and oxygen atoms in total. The third-order valence-electron chi connectivity index (χ3n) is 4.12. The third-order valence-corrected chi connectivity index (χ3v) is 5.32. The summed E-state index contributed by atoms with van der Waals surface area (Å²) in [5.41, 5.74) is 6.38. The van der Waals surface area contributed by atoms with Gasteiger partial charge >= 0.3 is 0 Å². The normalized spacial score (nSPS) is 12.6. The SMILES string of the molecule is CCc1cnc(CCNC(=NC)NCC(Cc2ccc(F)cc2)C(N)=O)s1. The molecule has 0 aliphatic rings. The Hall–Kier alpha value is -2.48. The number of thiazole rings is 1. The molecule has 0 aliphatic carbocycles. The summed E-state index contributed by atoms with van der Waals surface area (Å²) in [7, 11) is 1.67. The topological polar surface area (TPSA) is 92.4 Å². The van der Waals surface area contributed by atoms with Crippen LogP contribution in [0.1, 0.15) is 22.4 Å². The lowest BCUT2D eigenvalue weighted by Gasteiger charge is -2.17. The van der Waals surface area contributed by atoms with Gasteiger partial charge in [0.25, 0.3) is 0 Å². The summed E-state index contributed by atoms with van der Waals surface area (Å²) in [6.45, 7) is 3.15. The van der Waals surface area contributed by atoms with Crippen LogP contribution < -0.4 is 16.4 Å². The van der Waals surface area contributed by atoms with Crippen molar-refractivity contribution in [1.29, 1.82) is 0 Å². The molecular weight excluding hydrogens is 365 g/mol. The first-order chi connectivity index (χ1) is 13.0. The van der Waals surface area contributed by atoms with E-state index in [4.69, 9.17) is 5.73 Å². The smallest absolute Gasteiger partial charge is 0.222 e. The number of benzene rings is 1. The van der Waals surface area contributed by atoms with Crippen LogP contribution in [0.3, 0.4) is 0 Å². The Labute approximate surface area is 163 Å². The summed E-state index contributed by atoms with van der Waals surface area (Å²) in [4.78, 5) is 21.6. The molecule has 1 heterocycles. The molecule has 0 spiro atoms. The van der Waals surface area contributed by atoms with Gasteiger partial charge in [-0.3, -0.25) is 9.79 Å². The number of guanidine groups is 1. The number of primary amides is 1. The second-order valence-electron chi connectivity index (χ2n) is 6.13. The Bertz CT molecular complexity index is 760. The molecule has 0 aliphatic heterocycles. The van der Waals surface area contributed by atoms with Crippen LogP contribution in [0, 0.1) is 11.7 Å². The largest absolute Gasteiger partial charge is 0.369 e. The quantitative estimate of drug-likeness (QED) is 0.450. The Balaban J connectivity index is 1.80. The van der Waals surface area contributed by atoms with Gasteiger partial charge in [-0.15, -0.1) is 11.3 Å². The van der Waals surface area contributed by atoms with Gasteiger partial charge in [-0.2, -0.15) is 0 Å². The maximum absolute atomic E-state index is 13.0. The minimum Gasteiger partial charge on any atom is -0.369 e. The highest BCUT2D eigenvalue weighted by atomic mass is 32.1. The average molecular weight is 392 g/mol. The highest BCUT2D eigenvalue weighted by Gasteiger charge is 2.16. The second kappa shape index (κ2) is 10.6. The first-order valence-corrected chi connectivity index (χ1v) is 9.75. The van der Waals surface area contributed by atoms with E-state index >= 15 is 0 Å². The number of aromatic nitrogens is 1. The summed E-state index contributed by atoms with van der Waals surface area (Å²) in [6, 6.07) is 6.08. The van der Waals surface area contributed by atoms with E-state index in [1.165, 1.54) is 17.0 Å². The molecule has 8 heteroatoms. The van der Waals surface area contributed by atoms with Gasteiger partial charge in [0.1, 0.15) is 5.82 Å². The summed E-state index contributed by atoms with van der Waals surface area (Å²) in [5.74, 6) is -0.520. The van der Waals surface area contributed by atoms with Crippen LogP contribution in [0.25, 0.3) is 0 Å². The average Bonchev–Trinajstić information content (AvgIpc) is 3.12. The van der Waals surface area contributed by atoms with Gasteiger partial charge < -0.3 is 16.4 Å². The highest BCUT2D eigenvalue weighted by Crippen LogP contribution is 2.13. The maximum Gasteiger partial charge on any atom is 0.222 e. The molecule has 0 fully saturated rings. The number of hydrogen-bond donors (Lipinski definition) is 3. The van der Waals surface area contributed by atoms with Crippen molar-refractivity contribution in [2.24, 2.45) is 16.6 Å². The van der Waals surface area contributed by atoms with Gasteiger partial charge in [0, 0.05) is 37.6 Å². The number of rotatable bonds is 9. The summed E-state index contributed by atoms with van der Waals surface area (Å²) in [6.07, 6.45) is 4.16. The van der Waals surface area contributed by atoms with E-state index in [0.717, 1.165) is 23.4 Å². The van der Waals surface area contributed by atoms with Gasteiger partial charge in [0.2, 0.25) is 5.91 Å². The van der Waals surface area contributed by atoms with E-state index in [-0.39, 0.29) is 5.82 Å². The molecule has 1 unspecified atom stereocenters. The van der Waals surface area contributed by atoms with Gasteiger partial charge in [0.15, 0.2) is 5.96 Å².